The van der Waals surface area contributed by atoms with Crippen LogP contribution in [0.3, 0.4) is 0 Å². The van der Waals surface area contributed by atoms with Gasteiger partial charge >= 0.3 is 0 Å². The highest BCUT2D eigenvalue weighted by atomic mass is 16.5. The highest BCUT2D eigenvalue weighted by molar-refractivity contribution is 5.97. The third kappa shape index (κ3) is 2.99. The molecule has 1 saturated carbocycles. The first-order chi connectivity index (χ1) is 13.6. The van der Waals surface area contributed by atoms with Crippen LogP contribution in [0.2, 0.25) is 0 Å². The molecule has 2 aromatic carbocycles. The maximum Gasteiger partial charge on any atom is 0.257 e. The van der Waals surface area contributed by atoms with Crippen LogP contribution in [0.5, 0.6) is 5.75 Å². The number of rotatable bonds is 6. The van der Waals surface area contributed by atoms with Gasteiger partial charge in [-0.05, 0) is 36.0 Å². The monoisotopic (exact) mass is 381 g/mol. The van der Waals surface area contributed by atoms with Crippen molar-refractivity contribution in [3.8, 4) is 5.75 Å². The Bertz CT molecular complexity index is 840. The highest BCUT2D eigenvalue weighted by Gasteiger charge is 2.71. The summed E-state index contributed by atoms with van der Waals surface area (Å²) < 4.78 is 5.74. The smallest absolute Gasteiger partial charge is 0.257 e. The van der Waals surface area contributed by atoms with Crippen LogP contribution < -0.4 is 4.74 Å². The van der Waals surface area contributed by atoms with Crippen molar-refractivity contribution in [2.24, 2.45) is 11.3 Å². The summed E-state index contributed by atoms with van der Waals surface area (Å²) >= 11 is 0. The number of likely N-dealkylation sites (tertiary alicyclic amines) is 1. The quantitative estimate of drug-likeness (QED) is 0.807. The second kappa shape index (κ2) is 7.57. The molecule has 2 aliphatic rings. The zero-order chi connectivity index (χ0) is 19.7. The molecular formula is C23H27NO4. The van der Waals surface area contributed by atoms with Gasteiger partial charge in [0.15, 0.2) is 0 Å². The lowest BCUT2D eigenvalue weighted by atomic mass is 9.95. The highest BCUT2D eigenvalue weighted by Crippen LogP contribution is 2.68. The maximum atomic E-state index is 13.2. The van der Waals surface area contributed by atoms with Crippen LogP contribution in [-0.2, 0) is 0 Å². The third-order valence-electron chi connectivity index (χ3n) is 6.26. The van der Waals surface area contributed by atoms with Gasteiger partial charge in [-0.2, -0.15) is 0 Å². The number of hydrogen-bond acceptors (Lipinski definition) is 4. The lowest BCUT2D eigenvalue weighted by Gasteiger charge is -2.19. The van der Waals surface area contributed by atoms with Crippen molar-refractivity contribution in [2.75, 3.05) is 26.3 Å². The Kier molecular flexibility index (Phi) is 5.13. The Morgan fingerprint density at radius 1 is 1.18 bits per heavy atom. The number of β-amino-alcohol motifs (C(OH)–C–C–N with tert-alkyl or cyclic N) is 1. The van der Waals surface area contributed by atoms with E-state index in [9.17, 15) is 15.0 Å². The minimum Gasteiger partial charge on any atom is -0.493 e. The Hall–Kier alpha value is -2.37. The number of ether oxygens (including phenoxy) is 1. The van der Waals surface area contributed by atoms with Gasteiger partial charge in [-0.15, -0.1) is 0 Å². The number of amides is 1. The molecule has 28 heavy (non-hydrogen) atoms. The molecule has 1 aliphatic heterocycles. The van der Waals surface area contributed by atoms with Gasteiger partial charge in [-0.25, -0.2) is 0 Å². The van der Waals surface area contributed by atoms with Crippen molar-refractivity contribution in [2.45, 2.75) is 25.4 Å². The van der Waals surface area contributed by atoms with Crippen LogP contribution in [0.25, 0.3) is 0 Å². The Balaban J connectivity index is 1.57. The fourth-order valence-electron chi connectivity index (χ4n) is 4.87. The van der Waals surface area contributed by atoms with Crippen LogP contribution in [-0.4, -0.2) is 53.4 Å². The lowest BCUT2D eigenvalue weighted by Crippen LogP contribution is -2.30. The molecule has 0 unspecified atom stereocenters. The molecule has 1 spiro atoms. The first-order valence-corrected chi connectivity index (χ1v) is 9.98. The van der Waals surface area contributed by atoms with Gasteiger partial charge in [0.1, 0.15) is 5.75 Å². The van der Waals surface area contributed by atoms with Crippen molar-refractivity contribution in [3.63, 3.8) is 0 Å². The summed E-state index contributed by atoms with van der Waals surface area (Å²) in [5.74, 6) is 0.490. The first-order valence-electron chi connectivity index (χ1n) is 9.98. The minimum atomic E-state index is -0.650. The van der Waals surface area contributed by atoms with Crippen LogP contribution in [0, 0.1) is 11.3 Å². The average molecular weight is 381 g/mol. The Labute approximate surface area is 165 Å². The van der Waals surface area contributed by atoms with Crippen molar-refractivity contribution in [1.29, 1.82) is 0 Å². The number of hydrogen-bond donors (Lipinski definition) is 2. The topological polar surface area (TPSA) is 70.0 Å². The predicted octanol–water partition coefficient (Wildman–Crippen LogP) is 2.68. The normalized spacial score (nSPS) is 28.5. The third-order valence-corrected chi connectivity index (χ3v) is 6.26. The van der Waals surface area contributed by atoms with Crippen LogP contribution >= 0.6 is 0 Å². The predicted molar refractivity (Wildman–Crippen MR) is 106 cm³/mol. The Morgan fingerprint density at radius 3 is 2.61 bits per heavy atom. The minimum absolute atomic E-state index is 0.00878. The van der Waals surface area contributed by atoms with E-state index in [-0.39, 0.29) is 30.9 Å². The van der Waals surface area contributed by atoms with Gasteiger partial charge in [-0.1, -0.05) is 49.4 Å². The SMILES string of the molecule is CCCOc1ccccc1C(=O)N1C[C@H](O)[C@@]2(C1)[C@H](CO)[C@H]2c1ccccc1. The molecule has 0 aromatic heterocycles. The van der Waals surface area contributed by atoms with E-state index in [1.807, 2.05) is 55.5 Å². The van der Waals surface area contributed by atoms with E-state index in [0.717, 1.165) is 12.0 Å². The van der Waals surface area contributed by atoms with Crippen molar-refractivity contribution >= 4 is 5.91 Å². The molecule has 2 N–H and O–H groups in total. The average Bonchev–Trinajstić information content (AvgIpc) is 3.27. The van der Waals surface area contributed by atoms with Gasteiger partial charge < -0.3 is 19.8 Å². The summed E-state index contributed by atoms with van der Waals surface area (Å²) in [5.41, 5.74) is 1.17. The molecular weight excluding hydrogens is 354 g/mol. The van der Waals surface area contributed by atoms with E-state index >= 15 is 0 Å². The van der Waals surface area contributed by atoms with Crippen molar-refractivity contribution in [1.82, 2.24) is 4.90 Å². The zero-order valence-corrected chi connectivity index (χ0v) is 16.1. The molecule has 2 aromatic rings. The first kappa shape index (κ1) is 19.0. The fourth-order valence-corrected chi connectivity index (χ4v) is 4.87. The second-order valence-corrected chi connectivity index (χ2v) is 7.84. The molecule has 5 heteroatoms. The van der Waals surface area contributed by atoms with Crippen molar-refractivity contribution < 1.29 is 19.7 Å². The molecule has 4 atom stereocenters. The van der Waals surface area contributed by atoms with E-state index in [1.54, 1.807) is 11.0 Å². The number of benzene rings is 2. The molecule has 1 aliphatic carbocycles. The van der Waals surface area contributed by atoms with Crippen LogP contribution in [0.15, 0.2) is 54.6 Å². The molecule has 5 nitrogen and oxygen atoms in total. The summed E-state index contributed by atoms with van der Waals surface area (Å²) in [6, 6.07) is 17.2. The number of para-hydroxylation sites is 1. The van der Waals surface area contributed by atoms with Gasteiger partial charge in [0, 0.05) is 25.1 Å². The molecule has 1 saturated heterocycles. The molecule has 0 bridgehead atoms. The van der Waals surface area contributed by atoms with E-state index in [4.69, 9.17) is 4.74 Å². The largest absolute Gasteiger partial charge is 0.493 e. The number of carbonyl (C=O) groups excluding carboxylic acids is 1. The van der Waals surface area contributed by atoms with E-state index < -0.39 is 11.5 Å². The zero-order valence-electron chi connectivity index (χ0n) is 16.1. The van der Waals surface area contributed by atoms with Crippen LogP contribution in [0.4, 0.5) is 0 Å². The molecule has 1 amide bonds. The Morgan fingerprint density at radius 2 is 1.89 bits per heavy atom. The number of aliphatic hydroxyl groups is 2. The summed E-state index contributed by atoms with van der Waals surface area (Å²) in [7, 11) is 0. The van der Waals surface area contributed by atoms with Gasteiger partial charge in [0.25, 0.3) is 5.91 Å². The van der Waals surface area contributed by atoms with Gasteiger partial charge in [0.2, 0.25) is 0 Å². The maximum absolute atomic E-state index is 13.2. The summed E-state index contributed by atoms with van der Waals surface area (Å²) in [4.78, 5) is 14.9. The summed E-state index contributed by atoms with van der Waals surface area (Å²) in [5, 5.41) is 20.8. The number of nitrogens with zero attached hydrogens (tertiary/aromatic N) is 1. The number of carbonyl (C=O) groups is 1. The van der Waals surface area contributed by atoms with E-state index in [0.29, 0.717) is 24.5 Å². The molecule has 148 valence electrons. The lowest BCUT2D eigenvalue weighted by molar-refractivity contribution is 0.0759. The van der Waals surface area contributed by atoms with E-state index in [1.165, 1.54) is 0 Å². The molecule has 1 heterocycles. The molecule has 0 radical (unpaired) electrons. The number of aliphatic hydroxyl groups excluding tert-OH is 2. The van der Waals surface area contributed by atoms with E-state index in [2.05, 4.69) is 0 Å². The second-order valence-electron chi connectivity index (χ2n) is 7.84. The van der Waals surface area contributed by atoms with Gasteiger partial charge in [-0.3, -0.25) is 4.79 Å². The van der Waals surface area contributed by atoms with Crippen molar-refractivity contribution in [3.05, 3.63) is 65.7 Å². The summed E-state index contributed by atoms with van der Waals surface area (Å²) in [6.45, 7) is 3.31. The van der Waals surface area contributed by atoms with Crippen LogP contribution in [0.1, 0.15) is 35.2 Å². The molecule has 2 fully saturated rings. The standard InChI is InChI=1S/C23H27NO4/c1-2-12-28-19-11-7-6-10-17(19)22(27)24-13-20(26)23(15-24)18(14-25)21(23)16-8-4-3-5-9-16/h3-11,18,20-21,25-26H,2,12-15H2,1H3/t18-,20+,21-,23-/m1/s1. The van der Waals surface area contributed by atoms with Gasteiger partial charge in [0.05, 0.1) is 18.3 Å². The summed E-state index contributed by atoms with van der Waals surface area (Å²) in [6.07, 6.45) is 0.216. The fraction of sp³-hybridized carbons (Fsp3) is 0.435. The molecule has 4 rings (SSSR count).